The minimum atomic E-state index is -0.779. The van der Waals surface area contributed by atoms with E-state index < -0.39 is 6.10 Å². The maximum atomic E-state index is 11.4. The van der Waals surface area contributed by atoms with Gasteiger partial charge in [0, 0.05) is 6.04 Å². The highest BCUT2D eigenvalue weighted by molar-refractivity contribution is 5.70. The Morgan fingerprint density at radius 1 is 1.40 bits per heavy atom. The van der Waals surface area contributed by atoms with Gasteiger partial charge in [0.1, 0.15) is 5.75 Å². The van der Waals surface area contributed by atoms with Crippen LogP contribution in [0.5, 0.6) is 5.75 Å². The maximum absolute atomic E-state index is 11.4. The highest BCUT2D eigenvalue weighted by Crippen LogP contribution is 2.25. The third kappa shape index (κ3) is 4.21. The standard InChI is InChI=1S/C15H23NO4/c1-5-16-12(9-14(17)20-4)15(18)11-6-7-13(19-3)10(2)8-11/h6-8,12,15-16,18H,5,9H2,1-4H3. The third-order valence-corrected chi connectivity index (χ3v) is 3.22. The summed E-state index contributed by atoms with van der Waals surface area (Å²) in [7, 11) is 2.95. The predicted octanol–water partition coefficient (Wildman–Crippen LogP) is 1.58. The molecule has 0 saturated carbocycles. The van der Waals surface area contributed by atoms with Crippen LogP contribution >= 0.6 is 0 Å². The Bertz CT molecular complexity index is 447. The van der Waals surface area contributed by atoms with E-state index in [1.165, 1.54) is 7.11 Å². The summed E-state index contributed by atoms with van der Waals surface area (Å²) in [5.74, 6) is 0.425. The van der Waals surface area contributed by atoms with Crippen molar-refractivity contribution < 1.29 is 19.4 Å². The van der Waals surface area contributed by atoms with Crippen LogP contribution in [0.4, 0.5) is 0 Å². The number of benzene rings is 1. The highest BCUT2D eigenvalue weighted by atomic mass is 16.5. The number of esters is 1. The van der Waals surface area contributed by atoms with Gasteiger partial charge < -0.3 is 19.9 Å². The van der Waals surface area contributed by atoms with Gasteiger partial charge in [0.15, 0.2) is 0 Å². The van der Waals surface area contributed by atoms with Crippen LogP contribution in [-0.2, 0) is 9.53 Å². The molecule has 0 spiro atoms. The molecule has 0 amide bonds. The Balaban J connectivity index is 2.90. The number of hydrogen-bond acceptors (Lipinski definition) is 5. The van der Waals surface area contributed by atoms with Gasteiger partial charge in [-0.1, -0.05) is 13.0 Å². The van der Waals surface area contributed by atoms with Crippen LogP contribution in [0.25, 0.3) is 0 Å². The second kappa shape index (κ2) is 7.87. The van der Waals surface area contributed by atoms with Crippen LogP contribution in [0, 0.1) is 6.92 Å². The quantitative estimate of drug-likeness (QED) is 0.743. The first-order valence-corrected chi connectivity index (χ1v) is 6.66. The Labute approximate surface area is 119 Å². The lowest BCUT2D eigenvalue weighted by molar-refractivity contribution is -0.142. The number of rotatable bonds is 7. The molecule has 0 radical (unpaired) electrons. The van der Waals surface area contributed by atoms with Gasteiger partial charge in [-0.3, -0.25) is 4.79 Å². The number of carbonyl (C=O) groups is 1. The number of carbonyl (C=O) groups excluding carboxylic acids is 1. The smallest absolute Gasteiger partial charge is 0.307 e. The zero-order valence-electron chi connectivity index (χ0n) is 12.5. The summed E-state index contributed by atoms with van der Waals surface area (Å²) in [4.78, 5) is 11.4. The Hall–Kier alpha value is -1.59. The van der Waals surface area contributed by atoms with Gasteiger partial charge in [-0.25, -0.2) is 0 Å². The normalized spacial score (nSPS) is 13.7. The van der Waals surface area contributed by atoms with Crippen molar-refractivity contribution in [2.75, 3.05) is 20.8 Å². The molecule has 0 aromatic heterocycles. The zero-order chi connectivity index (χ0) is 15.1. The van der Waals surface area contributed by atoms with Crippen LogP contribution in [0.15, 0.2) is 18.2 Å². The monoisotopic (exact) mass is 281 g/mol. The average molecular weight is 281 g/mol. The van der Waals surface area contributed by atoms with E-state index >= 15 is 0 Å². The summed E-state index contributed by atoms with van der Waals surface area (Å²) in [6, 6.07) is 5.11. The Kier molecular flexibility index (Phi) is 6.48. The highest BCUT2D eigenvalue weighted by Gasteiger charge is 2.23. The summed E-state index contributed by atoms with van der Waals surface area (Å²) in [5.41, 5.74) is 1.69. The number of nitrogens with one attached hydrogen (secondary N) is 1. The van der Waals surface area contributed by atoms with Gasteiger partial charge in [-0.2, -0.15) is 0 Å². The number of ether oxygens (including phenoxy) is 2. The molecular weight excluding hydrogens is 258 g/mol. The van der Waals surface area contributed by atoms with Gasteiger partial charge in [0.05, 0.1) is 26.7 Å². The summed E-state index contributed by atoms with van der Waals surface area (Å²) in [5, 5.41) is 13.5. The number of methoxy groups -OCH3 is 2. The molecule has 0 aliphatic carbocycles. The fourth-order valence-electron chi connectivity index (χ4n) is 2.14. The molecule has 20 heavy (non-hydrogen) atoms. The molecule has 0 saturated heterocycles. The van der Waals surface area contributed by atoms with E-state index in [1.54, 1.807) is 13.2 Å². The van der Waals surface area contributed by atoms with Crippen molar-refractivity contribution >= 4 is 5.97 Å². The first-order valence-electron chi connectivity index (χ1n) is 6.66. The lowest BCUT2D eigenvalue weighted by atomic mass is 9.98. The lowest BCUT2D eigenvalue weighted by Crippen LogP contribution is -2.37. The predicted molar refractivity (Wildman–Crippen MR) is 76.8 cm³/mol. The van der Waals surface area contributed by atoms with Crippen molar-refractivity contribution in [2.45, 2.75) is 32.4 Å². The molecule has 112 valence electrons. The number of aliphatic hydroxyl groups is 1. The van der Waals surface area contributed by atoms with E-state index in [0.717, 1.165) is 16.9 Å². The van der Waals surface area contributed by atoms with Crippen molar-refractivity contribution in [3.63, 3.8) is 0 Å². The summed E-state index contributed by atoms with van der Waals surface area (Å²) in [6.45, 7) is 4.50. The van der Waals surface area contributed by atoms with Gasteiger partial charge >= 0.3 is 5.97 Å². The average Bonchev–Trinajstić information content (AvgIpc) is 2.45. The second-order valence-corrected chi connectivity index (χ2v) is 4.62. The first kappa shape index (κ1) is 16.5. The topological polar surface area (TPSA) is 67.8 Å². The van der Waals surface area contributed by atoms with E-state index in [4.69, 9.17) is 4.74 Å². The van der Waals surface area contributed by atoms with Crippen molar-refractivity contribution in [2.24, 2.45) is 0 Å². The number of likely N-dealkylation sites (N-methyl/N-ethyl adjacent to an activating group) is 1. The molecule has 0 fully saturated rings. The summed E-state index contributed by atoms with van der Waals surface area (Å²) < 4.78 is 9.86. The molecule has 5 heteroatoms. The van der Waals surface area contributed by atoms with Gasteiger partial charge in [0.2, 0.25) is 0 Å². The SMILES string of the molecule is CCNC(CC(=O)OC)C(O)c1ccc(OC)c(C)c1. The van der Waals surface area contributed by atoms with Crippen LogP contribution in [-0.4, -0.2) is 37.9 Å². The zero-order valence-corrected chi connectivity index (χ0v) is 12.5. The molecule has 0 bridgehead atoms. The Morgan fingerprint density at radius 2 is 2.10 bits per heavy atom. The third-order valence-electron chi connectivity index (χ3n) is 3.22. The van der Waals surface area contributed by atoms with Crippen LogP contribution in [0.1, 0.15) is 30.6 Å². The van der Waals surface area contributed by atoms with Gasteiger partial charge in [-0.05, 0) is 36.7 Å². The first-order chi connectivity index (χ1) is 9.53. The molecule has 2 unspecified atom stereocenters. The minimum Gasteiger partial charge on any atom is -0.496 e. The van der Waals surface area contributed by atoms with Crippen molar-refractivity contribution in [3.05, 3.63) is 29.3 Å². The minimum absolute atomic E-state index is 0.122. The van der Waals surface area contributed by atoms with Crippen molar-refractivity contribution in [1.29, 1.82) is 0 Å². The number of aryl methyl sites for hydroxylation is 1. The van der Waals surface area contributed by atoms with E-state index in [-0.39, 0.29) is 18.4 Å². The molecule has 0 heterocycles. The summed E-state index contributed by atoms with van der Waals surface area (Å²) in [6.07, 6.45) is -0.657. The Morgan fingerprint density at radius 3 is 2.60 bits per heavy atom. The summed E-state index contributed by atoms with van der Waals surface area (Å²) >= 11 is 0. The second-order valence-electron chi connectivity index (χ2n) is 4.62. The fourth-order valence-corrected chi connectivity index (χ4v) is 2.14. The molecule has 2 atom stereocenters. The molecule has 0 aliphatic heterocycles. The molecule has 1 aromatic rings. The maximum Gasteiger partial charge on any atom is 0.307 e. The van der Waals surface area contributed by atoms with Crippen LogP contribution in [0.2, 0.25) is 0 Å². The van der Waals surface area contributed by atoms with Gasteiger partial charge in [-0.15, -0.1) is 0 Å². The molecule has 1 aromatic carbocycles. The largest absolute Gasteiger partial charge is 0.496 e. The van der Waals surface area contributed by atoms with Crippen LogP contribution in [0.3, 0.4) is 0 Å². The fraction of sp³-hybridized carbons (Fsp3) is 0.533. The molecular formula is C15H23NO4. The lowest BCUT2D eigenvalue weighted by Gasteiger charge is -2.23. The van der Waals surface area contributed by atoms with Crippen molar-refractivity contribution in [1.82, 2.24) is 5.32 Å². The van der Waals surface area contributed by atoms with E-state index in [1.807, 2.05) is 26.0 Å². The molecule has 5 nitrogen and oxygen atoms in total. The molecule has 0 aliphatic rings. The number of aliphatic hydroxyl groups excluding tert-OH is 1. The van der Waals surface area contributed by atoms with Crippen LogP contribution < -0.4 is 10.1 Å². The molecule has 1 rings (SSSR count). The van der Waals surface area contributed by atoms with E-state index in [2.05, 4.69) is 10.1 Å². The van der Waals surface area contributed by atoms with E-state index in [9.17, 15) is 9.90 Å². The molecule has 2 N–H and O–H groups in total. The van der Waals surface area contributed by atoms with Gasteiger partial charge in [0.25, 0.3) is 0 Å². The van der Waals surface area contributed by atoms with Crippen molar-refractivity contribution in [3.8, 4) is 5.75 Å². The number of hydrogen-bond donors (Lipinski definition) is 2. The van der Waals surface area contributed by atoms with E-state index in [0.29, 0.717) is 6.54 Å².